The van der Waals surface area contributed by atoms with Crippen LogP contribution in [0.5, 0.6) is 5.88 Å². The smallest absolute Gasteiger partial charge is 0.303 e. The van der Waals surface area contributed by atoms with Crippen molar-refractivity contribution in [3.8, 4) is 5.88 Å². The average Bonchev–Trinajstić information content (AvgIpc) is 2.42. The van der Waals surface area contributed by atoms with Crippen molar-refractivity contribution in [3.05, 3.63) is 11.8 Å². The molecule has 5 nitrogen and oxygen atoms in total. The van der Waals surface area contributed by atoms with E-state index in [9.17, 15) is 4.79 Å². The van der Waals surface area contributed by atoms with Gasteiger partial charge in [-0.25, -0.2) is 4.68 Å². The van der Waals surface area contributed by atoms with Crippen molar-refractivity contribution in [3.63, 3.8) is 0 Å². The topological polar surface area (TPSA) is 64.3 Å². The number of aromatic nitrogens is 2. The summed E-state index contributed by atoms with van der Waals surface area (Å²) in [7, 11) is 3.30. The van der Waals surface area contributed by atoms with Crippen LogP contribution in [0, 0.1) is 0 Å². The number of aryl methyl sites for hydroxylation is 2. The summed E-state index contributed by atoms with van der Waals surface area (Å²) in [5.41, 5.74) is 0.826. The molecule has 0 bridgehead atoms. The van der Waals surface area contributed by atoms with E-state index in [4.69, 9.17) is 9.84 Å². The summed E-state index contributed by atoms with van der Waals surface area (Å²) in [5.74, 6) is -0.188. The van der Waals surface area contributed by atoms with Crippen LogP contribution in [0.4, 0.5) is 0 Å². The van der Waals surface area contributed by atoms with Gasteiger partial charge >= 0.3 is 5.97 Å². The van der Waals surface area contributed by atoms with Gasteiger partial charge in [0.05, 0.1) is 13.3 Å². The summed E-state index contributed by atoms with van der Waals surface area (Å²) in [4.78, 5) is 10.3. The molecule has 0 radical (unpaired) electrons. The molecule has 1 heterocycles. The lowest BCUT2D eigenvalue weighted by Crippen LogP contribution is -2.00. The van der Waals surface area contributed by atoms with E-state index in [1.165, 1.54) is 0 Å². The van der Waals surface area contributed by atoms with Gasteiger partial charge in [0.15, 0.2) is 0 Å². The monoisotopic (exact) mass is 184 g/mol. The van der Waals surface area contributed by atoms with E-state index in [-0.39, 0.29) is 6.42 Å². The Morgan fingerprint density at radius 2 is 2.46 bits per heavy atom. The van der Waals surface area contributed by atoms with Crippen LogP contribution in [-0.4, -0.2) is 28.0 Å². The zero-order valence-electron chi connectivity index (χ0n) is 7.65. The molecule has 0 fully saturated rings. The zero-order chi connectivity index (χ0) is 9.84. The van der Waals surface area contributed by atoms with Crippen molar-refractivity contribution >= 4 is 5.97 Å². The van der Waals surface area contributed by atoms with Crippen molar-refractivity contribution in [1.29, 1.82) is 0 Å². The number of carboxylic acids is 1. The van der Waals surface area contributed by atoms with Gasteiger partial charge in [0.25, 0.3) is 0 Å². The molecule has 1 N–H and O–H groups in total. The molecular weight excluding hydrogens is 172 g/mol. The van der Waals surface area contributed by atoms with E-state index in [1.54, 1.807) is 25.0 Å². The number of nitrogens with zero attached hydrogens (tertiary/aromatic N) is 2. The molecule has 0 unspecified atom stereocenters. The van der Waals surface area contributed by atoms with Crippen LogP contribution < -0.4 is 4.74 Å². The second kappa shape index (κ2) is 3.93. The molecule has 0 saturated heterocycles. The molecule has 13 heavy (non-hydrogen) atoms. The van der Waals surface area contributed by atoms with Gasteiger partial charge in [0.1, 0.15) is 0 Å². The largest absolute Gasteiger partial charge is 0.481 e. The van der Waals surface area contributed by atoms with Gasteiger partial charge in [-0.3, -0.25) is 4.79 Å². The number of aliphatic carboxylic acids is 1. The van der Waals surface area contributed by atoms with Crippen LogP contribution in [0.25, 0.3) is 0 Å². The Balaban J connectivity index is 2.70. The van der Waals surface area contributed by atoms with E-state index < -0.39 is 5.97 Å². The highest BCUT2D eigenvalue weighted by Gasteiger charge is 2.09. The third-order valence-corrected chi connectivity index (χ3v) is 1.76. The molecule has 0 aromatic carbocycles. The van der Waals surface area contributed by atoms with E-state index >= 15 is 0 Å². The molecule has 5 heteroatoms. The Hall–Kier alpha value is -1.52. The highest BCUT2D eigenvalue weighted by atomic mass is 16.5. The Kier molecular flexibility index (Phi) is 2.89. The first-order chi connectivity index (χ1) is 6.15. The van der Waals surface area contributed by atoms with Crippen molar-refractivity contribution in [2.75, 3.05) is 7.11 Å². The Morgan fingerprint density at radius 3 is 3.00 bits per heavy atom. The number of methoxy groups -OCH3 is 1. The van der Waals surface area contributed by atoms with Crippen LogP contribution in [0.3, 0.4) is 0 Å². The third kappa shape index (κ3) is 2.21. The lowest BCUT2D eigenvalue weighted by Gasteiger charge is -2.02. The van der Waals surface area contributed by atoms with Crippen LogP contribution in [0.2, 0.25) is 0 Å². The quantitative estimate of drug-likeness (QED) is 0.737. The third-order valence-electron chi connectivity index (χ3n) is 1.76. The maximum absolute atomic E-state index is 10.3. The Morgan fingerprint density at radius 1 is 1.77 bits per heavy atom. The van der Waals surface area contributed by atoms with Gasteiger partial charge in [0, 0.05) is 19.0 Å². The van der Waals surface area contributed by atoms with E-state index in [0.717, 1.165) is 5.56 Å². The summed E-state index contributed by atoms with van der Waals surface area (Å²) in [6.07, 6.45) is 2.18. The van der Waals surface area contributed by atoms with Crippen LogP contribution in [0.15, 0.2) is 6.20 Å². The fourth-order valence-corrected chi connectivity index (χ4v) is 1.15. The molecule has 0 aliphatic carbocycles. The molecule has 0 saturated carbocycles. The summed E-state index contributed by atoms with van der Waals surface area (Å²) in [6.45, 7) is 0. The second-order valence-corrected chi connectivity index (χ2v) is 2.70. The van der Waals surface area contributed by atoms with Gasteiger partial charge in [0.2, 0.25) is 5.88 Å². The van der Waals surface area contributed by atoms with Gasteiger partial charge in [-0.05, 0) is 6.42 Å². The minimum atomic E-state index is -0.814. The molecule has 72 valence electrons. The first kappa shape index (κ1) is 9.57. The van der Waals surface area contributed by atoms with E-state index in [1.807, 2.05) is 0 Å². The lowest BCUT2D eigenvalue weighted by molar-refractivity contribution is -0.136. The summed E-state index contributed by atoms with van der Waals surface area (Å²) >= 11 is 0. The first-order valence-electron chi connectivity index (χ1n) is 3.91. The van der Waals surface area contributed by atoms with Gasteiger partial charge < -0.3 is 9.84 Å². The van der Waals surface area contributed by atoms with Gasteiger partial charge in [-0.2, -0.15) is 5.10 Å². The minimum absolute atomic E-state index is 0.0993. The van der Waals surface area contributed by atoms with Crippen LogP contribution in [-0.2, 0) is 18.3 Å². The fraction of sp³-hybridized carbons (Fsp3) is 0.500. The maximum atomic E-state index is 10.3. The standard InChI is InChI=1S/C8H12N2O3/c1-10-8(13-2)6(5-9-10)3-4-7(11)12/h5H,3-4H2,1-2H3,(H,11,12). The number of rotatable bonds is 4. The minimum Gasteiger partial charge on any atom is -0.481 e. The molecule has 0 aliphatic heterocycles. The molecule has 1 aromatic heterocycles. The molecule has 1 rings (SSSR count). The average molecular weight is 184 g/mol. The van der Waals surface area contributed by atoms with E-state index in [0.29, 0.717) is 12.3 Å². The van der Waals surface area contributed by atoms with Crippen molar-refractivity contribution in [2.24, 2.45) is 7.05 Å². The predicted molar refractivity (Wildman–Crippen MR) is 45.7 cm³/mol. The van der Waals surface area contributed by atoms with Crippen LogP contribution >= 0.6 is 0 Å². The number of carbonyl (C=O) groups is 1. The van der Waals surface area contributed by atoms with Gasteiger partial charge in [-0.15, -0.1) is 0 Å². The Bertz CT molecular complexity index is 306. The number of hydrogen-bond donors (Lipinski definition) is 1. The SMILES string of the molecule is COc1c(CCC(=O)O)cnn1C. The Labute approximate surface area is 75.9 Å². The molecule has 0 amide bonds. The fourth-order valence-electron chi connectivity index (χ4n) is 1.15. The summed E-state index contributed by atoms with van der Waals surface area (Å²) in [6, 6.07) is 0. The lowest BCUT2D eigenvalue weighted by atomic mass is 10.2. The number of carboxylic acid groups (broad SMARTS) is 1. The molecular formula is C8H12N2O3. The zero-order valence-corrected chi connectivity index (χ0v) is 7.65. The highest BCUT2D eigenvalue weighted by molar-refractivity contribution is 5.67. The summed E-state index contributed by atoms with van der Waals surface area (Å²) < 4.78 is 6.64. The maximum Gasteiger partial charge on any atom is 0.303 e. The number of hydrogen-bond acceptors (Lipinski definition) is 3. The van der Waals surface area contributed by atoms with Crippen molar-refractivity contribution < 1.29 is 14.6 Å². The molecule has 0 spiro atoms. The second-order valence-electron chi connectivity index (χ2n) is 2.70. The molecule has 0 aliphatic rings. The van der Waals surface area contributed by atoms with Crippen molar-refractivity contribution in [1.82, 2.24) is 9.78 Å². The predicted octanol–water partition coefficient (Wildman–Crippen LogP) is 0.446. The van der Waals surface area contributed by atoms with Gasteiger partial charge in [-0.1, -0.05) is 0 Å². The number of ether oxygens (including phenoxy) is 1. The normalized spacial score (nSPS) is 10.0. The highest BCUT2D eigenvalue weighted by Crippen LogP contribution is 2.17. The molecule has 0 atom stereocenters. The summed E-state index contributed by atoms with van der Waals surface area (Å²) in [5, 5.41) is 12.4. The van der Waals surface area contributed by atoms with E-state index in [2.05, 4.69) is 5.10 Å². The van der Waals surface area contributed by atoms with Crippen molar-refractivity contribution in [2.45, 2.75) is 12.8 Å². The first-order valence-corrected chi connectivity index (χ1v) is 3.91. The molecule has 1 aromatic rings. The van der Waals surface area contributed by atoms with Crippen LogP contribution in [0.1, 0.15) is 12.0 Å².